The van der Waals surface area contributed by atoms with Gasteiger partial charge in [0.15, 0.2) is 5.78 Å². The fraction of sp³-hybridized carbons (Fsp3) is 0.308. The van der Waals surface area contributed by atoms with Crippen LogP contribution in [0, 0.1) is 0 Å². The molecule has 0 radical (unpaired) electrons. The monoisotopic (exact) mass is 258 g/mol. The maximum absolute atomic E-state index is 11.9. The van der Waals surface area contributed by atoms with Crippen LogP contribution in [0.3, 0.4) is 0 Å². The molecule has 0 spiro atoms. The topological polar surface area (TPSA) is 26.3 Å². The Kier molecular flexibility index (Phi) is 4.95. The van der Waals surface area contributed by atoms with Crippen molar-refractivity contribution >= 4 is 5.78 Å². The number of hydrogen-bond acceptors (Lipinski definition) is 2. The SMILES string of the molecule is CC/C=C/C(=O)Cc1ccc(OC(F)(F)F)cc1. The number of rotatable bonds is 5. The number of carbonyl (C=O) groups excluding carboxylic acids is 1. The van der Waals surface area contributed by atoms with Crippen molar-refractivity contribution in [1.29, 1.82) is 0 Å². The Hall–Kier alpha value is -1.78. The first-order chi connectivity index (χ1) is 8.40. The Morgan fingerprint density at radius 3 is 2.39 bits per heavy atom. The summed E-state index contributed by atoms with van der Waals surface area (Å²) in [7, 11) is 0. The zero-order chi connectivity index (χ0) is 13.6. The van der Waals surface area contributed by atoms with E-state index < -0.39 is 6.36 Å². The minimum Gasteiger partial charge on any atom is -0.406 e. The molecule has 0 aliphatic heterocycles. The first-order valence-corrected chi connectivity index (χ1v) is 5.45. The molecule has 5 heteroatoms. The van der Waals surface area contributed by atoms with Gasteiger partial charge < -0.3 is 4.74 Å². The lowest BCUT2D eigenvalue weighted by molar-refractivity contribution is -0.274. The van der Waals surface area contributed by atoms with Gasteiger partial charge in [-0.1, -0.05) is 25.1 Å². The van der Waals surface area contributed by atoms with Gasteiger partial charge in [0.1, 0.15) is 5.75 Å². The zero-order valence-electron chi connectivity index (χ0n) is 9.83. The molecule has 1 aromatic carbocycles. The zero-order valence-corrected chi connectivity index (χ0v) is 9.83. The average Bonchev–Trinajstić information content (AvgIpc) is 2.27. The van der Waals surface area contributed by atoms with E-state index in [1.807, 2.05) is 6.92 Å². The van der Waals surface area contributed by atoms with E-state index in [1.54, 1.807) is 6.08 Å². The van der Waals surface area contributed by atoms with Crippen molar-refractivity contribution < 1.29 is 22.7 Å². The molecule has 1 rings (SSSR count). The summed E-state index contributed by atoms with van der Waals surface area (Å²) in [6, 6.07) is 5.27. The summed E-state index contributed by atoms with van der Waals surface area (Å²) >= 11 is 0. The van der Waals surface area contributed by atoms with Crippen molar-refractivity contribution in [2.45, 2.75) is 26.1 Å². The molecule has 0 aromatic heterocycles. The standard InChI is InChI=1S/C13H13F3O2/c1-2-3-4-11(17)9-10-5-7-12(8-6-10)18-13(14,15)16/h3-8H,2,9H2,1H3/b4-3+. The molecule has 0 amide bonds. The van der Waals surface area contributed by atoms with E-state index in [2.05, 4.69) is 4.74 Å². The molecule has 0 saturated heterocycles. The van der Waals surface area contributed by atoms with Crippen molar-refractivity contribution in [2.75, 3.05) is 0 Å². The molecular weight excluding hydrogens is 245 g/mol. The molecule has 0 N–H and O–H groups in total. The molecule has 0 saturated carbocycles. The van der Waals surface area contributed by atoms with Crippen LogP contribution < -0.4 is 4.74 Å². The molecule has 0 atom stereocenters. The normalized spacial score (nSPS) is 11.8. The Labute approximate surface area is 103 Å². The van der Waals surface area contributed by atoms with E-state index in [-0.39, 0.29) is 18.0 Å². The van der Waals surface area contributed by atoms with Crippen LogP contribution in [0.4, 0.5) is 13.2 Å². The lowest BCUT2D eigenvalue weighted by Crippen LogP contribution is -2.17. The number of alkyl halides is 3. The predicted octanol–water partition coefficient (Wildman–Crippen LogP) is 3.66. The number of ketones is 1. The van der Waals surface area contributed by atoms with E-state index in [1.165, 1.54) is 30.3 Å². The van der Waals surface area contributed by atoms with Gasteiger partial charge in [-0.05, 0) is 30.2 Å². The number of ether oxygens (including phenoxy) is 1. The smallest absolute Gasteiger partial charge is 0.406 e. The summed E-state index contributed by atoms with van der Waals surface area (Å²) in [6.45, 7) is 1.91. The van der Waals surface area contributed by atoms with Crippen LogP contribution in [-0.2, 0) is 11.2 Å². The van der Waals surface area contributed by atoms with Gasteiger partial charge in [0, 0.05) is 6.42 Å². The predicted molar refractivity (Wildman–Crippen MR) is 61.3 cm³/mol. The van der Waals surface area contributed by atoms with E-state index in [9.17, 15) is 18.0 Å². The Balaban J connectivity index is 2.60. The third-order valence-corrected chi connectivity index (χ3v) is 2.07. The molecule has 0 aliphatic rings. The quantitative estimate of drug-likeness (QED) is 0.753. The van der Waals surface area contributed by atoms with Crippen LogP contribution in [0.5, 0.6) is 5.75 Å². The maximum atomic E-state index is 11.9. The molecule has 0 aliphatic carbocycles. The van der Waals surface area contributed by atoms with E-state index in [4.69, 9.17) is 0 Å². The fourth-order valence-corrected chi connectivity index (χ4v) is 1.32. The maximum Gasteiger partial charge on any atom is 0.573 e. The number of allylic oxidation sites excluding steroid dienone is 2. The van der Waals surface area contributed by atoms with Gasteiger partial charge >= 0.3 is 6.36 Å². The minimum atomic E-state index is -4.69. The highest BCUT2D eigenvalue weighted by Gasteiger charge is 2.30. The molecular formula is C13H13F3O2. The Bertz CT molecular complexity index is 419. The van der Waals surface area contributed by atoms with Crippen LogP contribution in [0.1, 0.15) is 18.9 Å². The summed E-state index contributed by atoms with van der Waals surface area (Å²) in [5.41, 5.74) is 0.648. The lowest BCUT2D eigenvalue weighted by Gasteiger charge is -2.08. The van der Waals surface area contributed by atoms with Crippen LogP contribution >= 0.6 is 0 Å². The summed E-state index contributed by atoms with van der Waals surface area (Å²) in [4.78, 5) is 11.4. The molecule has 0 bridgehead atoms. The van der Waals surface area contributed by atoms with Gasteiger partial charge in [0.2, 0.25) is 0 Å². The van der Waals surface area contributed by atoms with E-state index >= 15 is 0 Å². The first-order valence-electron chi connectivity index (χ1n) is 5.45. The van der Waals surface area contributed by atoms with Gasteiger partial charge in [0.25, 0.3) is 0 Å². The van der Waals surface area contributed by atoms with Crippen LogP contribution in [0.25, 0.3) is 0 Å². The first kappa shape index (κ1) is 14.3. The highest BCUT2D eigenvalue weighted by Crippen LogP contribution is 2.22. The molecule has 0 unspecified atom stereocenters. The van der Waals surface area contributed by atoms with Crippen molar-refractivity contribution in [3.05, 3.63) is 42.0 Å². The third-order valence-electron chi connectivity index (χ3n) is 2.07. The summed E-state index contributed by atoms with van der Waals surface area (Å²) in [5.74, 6) is -0.371. The van der Waals surface area contributed by atoms with Gasteiger partial charge in [-0.15, -0.1) is 13.2 Å². The van der Waals surface area contributed by atoms with Gasteiger partial charge in [-0.25, -0.2) is 0 Å². The van der Waals surface area contributed by atoms with Crippen LogP contribution in [0.2, 0.25) is 0 Å². The minimum absolute atomic E-state index is 0.0821. The molecule has 0 heterocycles. The molecule has 2 nitrogen and oxygen atoms in total. The number of hydrogen-bond donors (Lipinski definition) is 0. The van der Waals surface area contributed by atoms with Crippen molar-refractivity contribution in [3.63, 3.8) is 0 Å². The molecule has 1 aromatic rings. The molecule has 18 heavy (non-hydrogen) atoms. The highest BCUT2D eigenvalue weighted by atomic mass is 19.4. The lowest BCUT2D eigenvalue weighted by atomic mass is 10.1. The Morgan fingerprint density at radius 1 is 1.28 bits per heavy atom. The van der Waals surface area contributed by atoms with Gasteiger partial charge in [-0.3, -0.25) is 4.79 Å². The average molecular weight is 258 g/mol. The summed E-state index contributed by atoms with van der Waals surface area (Å²) in [5, 5.41) is 0. The fourth-order valence-electron chi connectivity index (χ4n) is 1.32. The largest absolute Gasteiger partial charge is 0.573 e. The van der Waals surface area contributed by atoms with Crippen molar-refractivity contribution in [3.8, 4) is 5.75 Å². The van der Waals surface area contributed by atoms with Crippen LogP contribution in [0.15, 0.2) is 36.4 Å². The van der Waals surface area contributed by atoms with E-state index in [0.717, 1.165) is 6.42 Å². The number of halogens is 3. The number of carbonyl (C=O) groups is 1. The van der Waals surface area contributed by atoms with Crippen LogP contribution in [-0.4, -0.2) is 12.1 Å². The Morgan fingerprint density at radius 2 is 1.89 bits per heavy atom. The molecule has 0 fully saturated rings. The van der Waals surface area contributed by atoms with Crippen molar-refractivity contribution in [1.82, 2.24) is 0 Å². The van der Waals surface area contributed by atoms with Gasteiger partial charge in [-0.2, -0.15) is 0 Å². The number of benzene rings is 1. The second-order valence-corrected chi connectivity index (χ2v) is 3.65. The van der Waals surface area contributed by atoms with Gasteiger partial charge in [0.05, 0.1) is 0 Å². The summed E-state index contributed by atoms with van der Waals surface area (Å²) < 4.78 is 39.4. The van der Waals surface area contributed by atoms with E-state index in [0.29, 0.717) is 5.56 Å². The third kappa shape index (κ3) is 5.52. The molecule has 98 valence electrons. The second-order valence-electron chi connectivity index (χ2n) is 3.65. The van der Waals surface area contributed by atoms with Crippen molar-refractivity contribution in [2.24, 2.45) is 0 Å². The second kappa shape index (κ2) is 6.23. The highest BCUT2D eigenvalue weighted by molar-refractivity contribution is 5.91. The summed E-state index contributed by atoms with van der Waals surface area (Å²) in [6.07, 6.45) is -0.544.